The topological polar surface area (TPSA) is 47.6 Å². The molecule has 0 bridgehead atoms. The highest BCUT2D eigenvalue weighted by molar-refractivity contribution is 6.78. The van der Waals surface area contributed by atoms with E-state index < -0.39 is 32.9 Å². The van der Waals surface area contributed by atoms with Crippen molar-refractivity contribution in [3.05, 3.63) is 29.8 Å². The van der Waals surface area contributed by atoms with Crippen molar-refractivity contribution in [3.63, 3.8) is 0 Å². The molecule has 1 aromatic rings. The third kappa shape index (κ3) is 6.87. The van der Waals surface area contributed by atoms with Crippen LogP contribution in [-0.4, -0.2) is 26.5 Å². The van der Waals surface area contributed by atoms with E-state index in [4.69, 9.17) is 14.6 Å². The summed E-state index contributed by atoms with van der Waals surface area (Å²) in [5.41, 5.74) is 0.472. The van der Waals surface area contributed by atoms with E-state index in [1.807, 2.05) is 5.32 Å². The predicted octanol–water partition coefficient (Wildman–Crippen LogP) is 6.31. The maximum atomic E-state index is 12.0. The van der Waals surface area contributed by atoms with Gasteiger partial charge in [0.1, 0.15) is 11.4 Å². The quantitative estimate of drug-likeness (QED) is 0.523. The fraction of sp³-hybridized carbons (Fsp3) is 0.682. The highest BCUT2D eigenvalue weighted by atomic mass is 28.4. The van der Waals surface area contributed by atoms with Crippen LogP contribution in [0.5, 0.6) is 5.75 Å². The van der Waals surface area contributed by atoms with Crippen LogP contribution < -0.4 is 9.74 Å². The van der Waals surface area contributed by atoms with Crippen molar-refractivity contribution < 1.29 is 19.4 Å². The van der Waals surface area contributed by atoms with Gasteiger partial charge in [0.25, 0.3) is 8.32 Å². The van der Waals surface area contributed by atoms with Crippen LogP contribution >= 0.6 is 0 Å². The van der Waals surface area contributed by atoms with Crippen molar-refractivity contribution in [3.8, 4) is 5.75 Å². The van der Waals surface area contributed by atoms with Crippen LogP contribution in [0, 0.1) is 0 Å². The third-order valence-electron chi connectivity index (χ3n) is 4.63. The van der Waals surface area contributed by atoms with E-state index in [-0.39, 0.29) is 5.56 Å². The summed E-state index contributed by atoms with van der Waals surface area (Å²) < 4.78 is 44.6. The lowest BCUT2D eigenvalue weighted by atomic mass is 10.1. The maximum absolute atomic E-state index is 12.0. The summed E-state index contributed by atoms with van der Waals surface area (Å²) in [6.07, 6.45) is -3.49. The highest BCUT2D eigenvalue weighted by Crippen LogP contribution is 2.42. The smallest absolute Gasteiger partial charge is 0.407 e. The van der Waals surface area contributed by atoms with Gasteiger partial charge in [0.15, 0.2) is 0 Å². The molecule has 154 valence electrons. The standard InChI is InChI=1S/C22H39NO3Si/c1-16(2)27(17(3)4,18(5)6)26-20-12-10-19(11-13-20)14-15-23-21(24)25-22(7,8)9/h10-13,16-18H,14-15H2,1-9H3,(H,23,24)/i14D2,15D2. The van der Waals surface area contributed by atoms with E-state index in [9.17, 15) is 4.79 Å². The molecule has 0 radical (unpaired) electrons. The SMILES string of the molecule is [2H]C([2H])(NC(=O)OC(C)(C)C)C([2H])([2H])c1ccc(O[Si](C(C)C)(C(C)C)C(C)C)cc1. The Bertz CT molecular complexity index is 722. The molecular weight excluding hydrogens is 354 g/mol. The van der Waals surface area contributed by atoms with Crippen LogP contribution in [0.25, 0.3) is 0 Å². The Morgan fingerprint density at radius 2 is 1.52 bits per heavy atom. The molecule has 0 aliphatic heterocycles. The van der Waals surface area contributed by atoms with E-state index in [1.165, 1.54) is 12.1 Å². The number of carbonyl (C=O) groups is 1. The van der Waals surface area contributed by atoms with E-state index in [0.717, 1.165) is 0 Å². The van der Waals surface area contributed by atoms with Crippen LogP contribution in [-0.2, 0) is 11.1 Å². The Morgan fingerprint density at radius 1 is 1.04 bits per heavy atom. The van der Waals surface area contributed by atoms with Crippen LogP contribution in [0.15, 0.2) is 24.3 Å². The number of benzene rings is 1. The molecule has 0 aromatic heterocycles. The van der Waals surface area contributed by atoms with E-state index >= 15 is 0 Å². The molecule has 4 nitrogen and oxygen atoms in total. The zero-order valence-corrected chi connectivity index (χ0v) is 19.3. The molecule has 1 rings (SSSR count). The molecule has 0 unspecified atom stereocenters. The summed E-state index contributed by atoms with van der Waals surface area (Å²) in [7, 11) is -2.15. The van der Waals surface area contributed by atoms with Gasteiger partial charge in [-0.1, -0.05) is 53.7 Å². The summed E-state index contributed by atoms with van der Waals surface area (Å²) in [4.78, 5) is 12.0. The van der Waals surface area contributed by atoms with Gasteiger partial charge in [0, 0.05) is 12.0 Å². The Hall–Kier alpha value is -1.49. The number of nitrogens with one attached hydrogen (secondary N) is 1. The molecule has 27 heavy (non-hydrogen) atoms. The van der Waals surface area contributed by atoms with E-state index in [0.29, 0.717) is 22.4 Å². The number of ether oxygens (including phenoxy) is 1. The first-order valence-corrected chi connectivity index (χ1v) is 11.8. The minimum absolute atomic E-state index is 0.104. The number of amides is 1. The Morgan fingerprint density at radius 3 is 1.93 bits per heavy atom. The minimum atomic E-state index is -2.68. The van der Waals surface area contributed by atoms with E-state index in [2.05, 4.69) is 41.5 Å². The van der Waals surface area contributed by atoms with Crippen molar-refractivity contribution in [2.75, 3.05) is 6.50 Å². The van der Waals surface area contributed by atoms with Crippen LogP contribution in [0.3, 0.4) is 0 Å². The molecular formula is C22H39NO3Si. The molecule has 0 atom stereocenters. The molecule has 5 heteroatoms. The number of hydrogen-bond donors (Lipinski definition) is 1. The number of carbonyl (C=O) groups excluding carboxylic acids is 1. The maximum Gasteiger partial charge on any atom is 0.407 e. The number of alkyl carbamates (subject to hydrolysis) is 1. The second-order valence-corrected chi connectivity index (χ2v) is 14.2. The Labute approximate surface area is 172 Å². The van der Waals surface area contributed by atoms with Crippen molar-refractivity contribution in [1.82, 2.24) is 5.32 Å². The molecule has 1 amide bonds. The second-order valence-electron chi connectivity index (χ2n) is 8.82. The fourth-order valence-electron chi connectivity index (χ4n) is 3.62. The normalized spacial score (nSPS) is 15.9. The molecule has 0 fully saturated rings. The molecule has 0 saturated carbocycles. The minimum Gasteiger partial charge on any atom is -0.543 e. The average Bonchev–Trinajstić information content (AvgIpc) is 2.56. The number of hydrogen-bond acceptors (Lipinski definition) is 3. The van der Waals surface area contributed by atoms with Gasteiger partial charge in [0.05, 0.1) is 0 Å². The van der Waals surface area contributed by atoms with Crippen molar-refractivity contribution in [1.29, 1.82) is 0 Å². The highest BCUT2D eigenvalue weighted by Gasteiger charge is 2.46. The molecule has 0 aliphatic carbocycles. The largest absolute Gasteiger partial charge is 0.543 e. The van der Waals surface area contributed by atoms with Crippen molar-refractivity contribution in [2.24, 2.45) is 0 Å². The van der Waals surface area contributed by atoms with Gasteiger partial charge in [0.2, 0.25) is 0 Å². The fourth-order valence-corrected chi connectivity index (χ4v) is 8.87. The Balaban J connectivity index is 3.14. The molecule has 0 aliphatic rings. The van der Waals surface area contributed by atoms with Gasteiger partial charge in [-0.25, -0.2) is 4.79 Å². The monoisotopic (exact) mass is 397 g/mol. The number of rotatable bonds is 8. The summed E-state index contributed by atoms with van der Waals surface area (Å²) in [6.45, 7) is 15.4. The van der Waals surface area contributed by atoms with Gasteiger partial charge < -0.3 is 14.5 Å². The van der Waals surface area contributed by atoms with Crippen molar-refractivity contribution >= 4 is 14.4 Å². The summed E-state index contributed by atoms with van der Waals surface area (Å²) in [5, 5.41) is 2.02. The molecule has 0 spiro atoms. The summed E-state index contributed by atoms with van der Waals surface area (Å²) >= 11 is 0. The summed E-state index contributed by atoms with van der Waals surface area (Å²) in [5.74, 6) is 0.656. The second kappa shape index (κ2) is 9.63. The third-order valence-corrected chi connectivity index (χ3v) is 10.6. The van der Waals surface area contributed by atoms with Crippen LogP contribution in [0.1, 0.15) is 73.4 Å². The van der Waals surface area contributed by atoms with Gasteiger partial charge in [-0.2, -0.15) is 0 Å². The lowest BCUT2D eigenvalue weighted by Gasteiger charge is -2.42. The molecule has 1 N–H and O–H groups in total. The lowest BCUT2D eigenvalue weighted by molar-refractivity contribution is 0.0528. The summed E-state index contributed by atoms with van der Waals surface area (Å²) in [6, 6.07) is 6.41. The van der Waals surface area contributed by atoms with E-state index in [1.54, 1.807) is 32.9 Å². The van der Waals surface area contributed by atoms with Gasteiger partial charge in [-0.05, 0) is 61.5 Å². The molecule has 0 heterocycles. The first-order valence-electron chi connectivity index (χ1n) is 11.7. The first-order chi connectivity index (χ1) is 13.9. The van der Waals surface area contributed by atoms with Gasteiger partial charge in [-0.3, -0.25) is 0 Å². The van der Waals surface area contributed by atoms with Crippen molar-refractivity contribution in [2.45, 2.75) is 90.9 Å². The lowest BCUT2D eigenvalue weighted by Crippen LogP contribution is -2.50. The zero-order valence-electron chi connectivity index (χ0n) is 22.3. The van der Waals surface area contributed by atoms with Gasteiger partial charge in [-0.15, -0.1) is 0 Å². The predicted molar refractivity (Wildman–Crippen MR) is 116 cm³/mol. The Kier molecular flexibility index (Phi) is 6.27. The zero-order chi connectivity index (χ0) is 24.4. The van der Waals surface area contributed by atoms with Crippen LogP contribution in [0.2, 0.25) is 16.6 Å². The van der Waals surface area contributed by atoms with Gasteiger partial charge >= 0.3 is 6.09 Å². The molecule has 0 saturated heterocycles. The average molecular weight is 398 g/mol. The first kappa shape index (κ1) is 17.6. The number of aryl methyl sites for hydroxylation is 1. The molecule has 1 aromatic carbocycles. The van der Waals surface area contributed by atoms with Crippen LogP contribution in [0.4, 0.5) is 4.79 Å².